The number of carbonyl (C=O) groups is 2. The molecule has 0 saturated carbocycles. The maximum atomic E-state index is 12.8. The number of rotatable bonds is 6. The molecule has 9 heteroatoms. The molecule has 1 aromatic heterocycles. The minimum absolute atomic E-state index is 0.0274. The SMILES string of the molecule is COc1ccc(N2CCN(CC(=O)N3CCC(Oc4ccncn4)CC3)C2=O)cc1. The third-order valence-corrected chi connectivity index (χ3v) is 5.44. The molecule has 2 saturated heterocycles. The number of aromatic nitrogens is 2. The zero-order valence-electron chi connectivity index (χ0n) is 16.9. The van der Waals surface area contributed by atoms with E-state index < -0.39 is 0 Å². The fourth-order valence-electron chi connectivity index (χ4n) is 3.74. The van der Waals surface area contributed by atoms with Gasteiger partial charge in [-0.25, -0.2) is 14.8 Å². The second-order valence-electron chi connectivity index (χ2n) is 7.30. The van der Waals surface area contributed by atoms with E-state index in [9.17, 15) is 9.59 Å². The van der Waals surface area contributed by atoms with Crippen LogP contribution in [0.1, 0.15) is 12.8 Å². The summed E-state index contributed by atoms with van der Waals surface area (Å²) in [6, 6.07) is 8.93. The molecule has 4 rings (SSSR count). The predicted molar refractivity (Wildman–Crippen MR) is 110 cm³/mol. The Kier molecular flexibility index (Phi) is 5.97. The van der Waals surface area contributed by atoms with Crippen LogP contribution in [0.25, 0.3) is 0 Å². The molecule has 1 aromatic carbocycles. The van der Waals surface area contributed by atoms with Crippen LogP contribution < -0.4 is 14.4 Å². The van der Waals surface area contributed by atoms with E-state index in [1.54, 1.807) is 29.2 Å². The van der Waals surface area contributed by atoms with Crippen LogP contribution in [0, 0.1) is 0 Å². The highest BCUT2D eigenvalue weighted by Gasteiger charge is 2.33. The minimum atomic E-state index is -0.143. The van der Waals surface area contributed by atoms with Crippen molar-refractivity contribution < 1.29 is 19.1 Å². The molecule has 3 heterocycles. The molecule has 0 atom stereocenters. The van der Waals surface area contributed by atoms with E-state index >= 15 is 0 Å². The van der Waals surface area contributed by atoms with Crippen molar-refractivity contribution in [2.75, 3.05) is 44.7 Å². The van der Waals surface area contributed by atoms with Gasteiger partial charge in [-0.05, 0) is 24.3 Å². The van der Waals surface area contributed by atoms with Gasteiger partial charge in [0.1, 0.15) is 24.7 Å². The Morgan fingerprint density at radius 3 is 2.53 bits per heavy atom. The molecule has 0 bridgehead atoms. The lowest BCUT2D eigenvalue weighted by Gasteiger charge is -2.32. The number of methoxy groups -OCH3 is 1. The van der Waals surface area contributed by atoms with Gasteiger partial charge in [0.15, 0.2) is 0 Å². The fraction of sp³-hybridized carbons (Fsp3) is 0.429. The third kappa shape index (κ3) is 4.45. The monoisotopic (exact) mass is 411 g/mol. The smallest absolute Gasteiger partial charge is 0.325 e. The van der Waals surface area contributed by atoms with Crippen LogP contribution in [0.5, 0.6) is 11.6 Å². The van der Waals surface area contributed by atoms with Gasteiger partial charge in [-0.1, -0.05) is 0 Å². The van der Waals surface area contributed by atoms with Gasteiger partial charge < -0.3 is 19.3 Å². The first-order chi connectivity index (χ1) is 14.6. The first-order valence-corrected chi connectivity index (χ1v) is 10.0. The van der Waals surface area contributed by atoms with Crippen molar-refractivity contribution in [2.45, 2.75) is 18.9 Å². The van der Waals surface area contributed by atoms with Crippen molar-refractivity contribution in [3.8, 4) is 11.6 Å². The molecule has 0 N–H and O–H groups in total. The first kappa shape index (κ1) is 19.9. The largest absolute Gasteiger partial charge is 0.497 e. The zero-order valence-corrected chi connectivity index (χ0v) is 16.9. The van der Waals surface area contributed by atoms with Gasteiger partial charge >= 0.3 is 6.03 Å². The Labute approximate surface area is 175 Å². The number of hydrogen-bond donors (Lipinski definition) is 0. The van der Waals surface area contributed by atoms with E-state index in [1.807, 2.05) is 29.2 Å². The summed E-state index contributed by atoms with van der Waals surface area (Å²) in [6.45, 7) is 2.41. The molecule has 30 heavy (non-hydrogen) atoms. The molecule has 0 radical (unpaired) electrons. The Balaban J connectivity index is 1.26. The molecule has 0 spiro atoms. The van der Waals surface area contributed by atoms with Crippen LogP contribution in [0.4, 0.5) is 10.5 Å². The summed E-state index contributed by atoms with van der Waals surface area (Å²) in [5.74, 6) is 1.26. The molecular weight excluding hydrogens is 386 g/mol. The number of urea groups is 1. The van der Waals surface area contributed by atoms with E-state index in [2.05, 4.69) is 9.97 Å². The van der Waals surface area contributed by atoms with E-state index in [0.29, 0.717) is 32.1 Å². The molecular formula is C21H25N5O4. The van der Waals surface area contributed by atoms with Crippen molar-refractivity contribution in [3.05, 3.63) is 42.9 Å². The maximum Gasteiger partial charge on any atom is 0.325 e. The number of ether oxygens (including phenoxy) is 2. The van der Waals surface area contributed by atoms with Crippen LogP contribution in [0.2, 0.25) is 0 Å². The van der Waals surface area contributed by atoms with Crippen molar-refractivity contribution in [2.24, 2.45) is 0 Å². The average molecular weight is 411 g/mol. The molecule has 158 valence electrons. The predicted octanol–water partition coefficient (Wildman–Crippen LogP) is 1.80. The summed E-state index contributed by atoms with van der Waals surface area (Å²) in [4.78, 5) is 38.5. The average Bonchev–Trinajstić information content (AvgIpc) is 3.15. The normalized spacial score (nSPS) is 17.4. The Bertz CT molecular complexity index is 869. The zero-order chi connectivity index (χ0) is 20.9. The second kappa shape index (κ2) is 8.98. The number of likely N-dealkylation sites (tertiary alicyclic amines) is 1. The van der Waals surface area contributed by atoms with Gasteiger partial charge in [0.2, 0.25) is 11.8 Å². The summed E-state index contributed by atoms with van der Waals surface area (Å²) >= 11 is 0. The molecule has 3 amide bonds. The maximum absolute atomic E-state index is 12.8. The quantitative estimate of drug-likeness (QED) is 0.720. The number of benzene rings is 1. The lowest BCUT2D eigenvalue weighted by molar-refractivity contribution is -0.133. The van der Waals surface area contributed by atoms with Gasteiger partial charge in [-0.15, -0.1) is 0 Å². The highest BCUT2D eigenvalue weighted by atomic mass is 16.5. The summed E-state index contributed by atoms with van der Waals surface area (Å²) in [5, 5.41) is 0. The van der Waals surface area contributed by atoms with E-state index in [4.69, 9.17) is 9.47 Å². The fourth-order valence-corrected chi connectivity index (χ4v) is 3.74. The Morgan fingerprint density at radius 2 is 1.87 bits per heavy atom. The van der Waals surface area contributed by atoms with Gasteiger partial charge in [0, 0.05) is 57.0 Å². The van der Waals surface area contributed by atoms with Gasteiger partial charge in [0.25, 0.3) is 0 Å². The lowest BCUT2D eigenvalue weighted by Crippen LogP contribution is -2.47. The first-order valence-electron chi connectivity index (χ1n) is 10.0. The number of nitrogens with zero attached hydrogens (tertiary/aromatic N) is 5. The minimum Gasteiger partial charge on any atom is -0.497 e. The van der Waals surface area contributed by atoms with Crippen LogP contribution >= 0.6 is 0 Å². The highest BCUT2D eigenvalue weighted by Crippen LogP contribution is 2.23. The van der Waals surface area contributed by atoms with Crippen LogP contribution in [0.15, 0.2) is 42.9 Å². The summed E-state index contributed by atoms with van der Waals surface area (Å²) in [7, 11) is 1.61. The van der Waals surface area contributed by atoms with Crippen LogP contribution in [0.3, 0.4) is 0 Å². The summed E-state index contributed by atoms with van der Waals surface area (Å²) in [6.07, 6.45) is 4.60. The topological polar surface area (TPSA) is 88.1 Å². The summed E-state index contributed by atoms with van der Waals surface area (Å²) in [5.41, 5.74) is 0.804. The molecule has 0 aliphatic carbocycles. The molecule has 9 nitrogen and oxygen atoms in total. The van der Waals surface area contributed by atoms with E-state index in [1.165, 1.54) is 6.33 Å². The third-order valence-electron chi connectivity index (χ3n) is 5.44. The van der Waals surface area contributed by atoms with Gasteiger partial charge in [-0.2, -0.15) is 0 Å². The van der Waals surface area contributed by atoms with E-state index in [0.717, 1.165) is 24.3 Å². The van der Waals surface area contributed by atoms with Gasteiger partial charge in [0.05, 0.1) is 7.11 Å². The van der Waals surface area contributed by atoms with Crippen molar-refractivity contribution in [1.29, 1.82) is 0 Å². The van der Waals surface area contributed by atoms with Crippen molar-refractivity contribution >= 4 is 17.6 Å². The number of anilines is 1. The molecule has 2 aromatic rings. The Morgan fingerprint density at radius 1 is 1.10 bits per heavy atom. The van der Waals surface area contributed by atoms with Crippen molar-refractivity contribution in [3.63, 3.8) is 0 Å². The molecule has 2 fully saturated rings. The molecule has 2 aliphatic heterocycles. The van der Waals surface area contributed by atoms with Crippen molar-refractivity contribution in [1.82, 2.24) is 19.8 Å². The van der Waals surface area contributed by atoms with Gasteiger partial charge in [-0.3, -0.25) is 9.69 Å². The molecule has 0 unspecified atom stereocenters. The number of hydrogen-bond acceptors (Lipinski definition) is 6. The molecule has 2 aliphatic rings. The number of piperidine rings is 1. The lowest BCUT2D eigenvalue weighted by atomic mass is 10.1. The van der Waals surface area contributed by atoms with Crippen LogP contribution in [-0.2, 0) is 4.79 Å². The summed E-state index contributed by atoms with van der Waals surface area (Å²) < 4.78 is 11.0. The van der Waals surface area contributed by atoms with E-state index in [-0.39, 0.29) is 24.6 Å². The van der Waals surface area contributed by atoms with Crippen LogP contribution in [-0.4, -0.2) is 77.6 Å². The Hall–Kier alpha value is -3.36. The number of amides is 3. The standard InChI is InChI=1S/C21H25N5O4/c1-29-17-4-2-16(3-5-17)26-13-12-25(21(26)28)14-20(27)24-10-7-18(8-11-24)30-19-6-9-22-15-23-19/h2-6,9,15,18H,7-8,10-14H2,1H3. The number of carbonyl (C=O) groups excluding carboxylic acids is 2. The second-order valence-corrected chi connectivity index (χ2v) is 7.30. The highest BCUT2D eigenvalue weighted by molar-refractivity contribution is 5.96.